The van der Waals surface area contributed by atoms with Crippen LogP contribution in [0.25, 0.3) is 0 Å². The van der Waals surface area contributed by atoms with Gasteiger partial charge in [-0.05, 0) is 29.7 Å². The minimum absolute atomic E-state index is 0.0652. The van der Waals surface area contributed by atoms with Gasteiger partial charge in [0.2, 0.25) is 0 Å². The summed E-state index contributed by atoms with van der Waals surface area (Å²) in [6.45, 7) is 0.0692. The fourth-order valence-electron chi connectivity index (χ4n) is 1.57. The number of aromatic nitrogens is 2. The number of ether oxygens (including phenoxy) is 1. The van der Waals surface area contributed by atoms with Crippen LogP contribution in [0, 0.1) is 0 Å². The SMILES string of the molecule is COc1ccc(S(=O)(=O)Cl)cc1CNC(=O)c1csnn1. The standard InChI is InChI=1S/C11H10ClN3O4S2/c1-19-10-3-2-8(21(12,17)18)4-7(10)5-13-11(16)9-6-20-15-14-9/h2-4,6H,5H2,1H3,(H,13,16). The molecule has 1 heterocycles. The number of hydrogen-bond donors (Lipinski definition) is 1. The van der Waals surface area contributed by atoms with Crippen LogP contribution in [-0.4, -0.2) is 31.0 Å². The van der Waals surface area contributed by atoms with Gasteiger partial charge in [0, 0.05) is 28.2 Å². The lowest BCUT2D eigenvalue weighted by Crippen LogP contribution is -2.23. The van der Waals surface area contributed by atoms with Gasteiger partial charge in [0.1, 0.15) is 5.75 Å². The van der Waals surface area contributed by atoms with Crippen molar-refractivity contribution in [3.63, 3.8) is 0 Å². The van der Waals surface area contributed by atoms with Crippen LogP contribution in [0.4, 0.5) is 0 Å². The van der Waals surface area contributed by atoms with Gasteiger partial charge in [-0.1, -0.05) is 4.49 Å². The average molecular weight is 348 g/mol. The van der Waals surface area contributed by atoms with Gasteiger partial charge in [-0.2, -0.15) is 0 Å². The minimum atomic E-state index is -3.85. The van der Waals surface area contributed by atoms with E-state index in [0.29, 0.717) is 11.3 Å². The number of hydrogen-bond acceptors (Lipinski definition) is 7. The molecule has 2 aromatic rings. The number of halogens is 1. The summed E-state index contributed by atoms with van der Waals surface area (Å²) in [5.41, 5.74) is 0.677. The van der Waals surface area contributed by atoms with E-state index >= 15 is 0 Å². The van der Waals surface area contributed by atoms with E-state index in [4.69, 9.17) is 15.4 Å². The van der Waals surface area contributed by atoms with Crippen LogP contribution < -0.4 is 10.1 Å². The first-order chi connectivity index (χ1) is 9.91. The molecule has 1 N–H and O–H groups in total. The first-order valence-corrected chi connectivity index (χ1v) is 8.73. The van der Waals surface area contributed by atoms with Crippen molar-refractivity contribution >= 4 is 37.2 Å². The second kappa shape index (κ2) is 6.37. The molecule has 7 nitrogen and oxygen atoms in total. The van der Waals surface area contributed by atoms with Crippen molar-refractivity contribution in [1.82, 2.24) is 14.9 Å². The van der Waals surface area contributed by atoms with E-state index in [0.717, 1.165) is 11.5 Å². The number of amides is 1. The van der Waals surface area contributed by atoms with Gasteiger partial charge in [0.05, 0.1) is 12.0 Å². The molecule has 0 unspecified atom stereocenters. The summed E-state index contributed by atoms with van der Waals surface area (Å²) in [4.78, 5) is 11.7. The lowest BCUT2D eigenvalue weighted by molar-refractivity contribution is 0.0945. The Morgan fingerprint density at radius 1 is 1.48 bits per heavy atom. The van der Waals surface area contributed by atoms with Crippen LogP contribution >= 0.6 is 22.2 Å². The molecule has 21 heavy (non-hydrogen) atoms. The predicted octanol–water partition coefficient (Wildman–Crippen LogP) is 1.40. The Morgan fingerprint density at radius 3 is 2.81 bits per heavy atom. The molecule has 0 bridgehead atoms. The van der Waals surface area contributed by atoms with Gasteiger partial charge >= 0.3 is 0 Å². The molecule has 0 radical (unpaired) electrons. The Bertz CT molecular complexity index is 747. The minimum Gasteiger partial charge on any atom is -0.496 e. The molecule has 112 valence electrons. The summed E-state index contributed by atoms with van der Waals surface area (Å²) in [5, 5.41) is 7.74. The van der Waals surface area contributed by atoms with Crippen molar-refractivity contribution in [3.05, 3.63) is 34.8 Å². The zero-order valence-electron chi connectivity index (χ0n) is 10.7. The third kappa shape index (κ3) is 3.90. The molecule has 0 aliphatic carbocycles. The molecule has 0 fully saturated rings. The molecule has 1 aromatic heterocycles. The maximum Gasteiger partial charge on any atom is 0.273 e. The average Bonchev–Trinajstić information content (AvgIpc) is 2.97. The van der Waals surface area contributed by atoms with E-state index in [1.807, 2.05) is 0 Å². The monoisotopic (exact) mass is 347 g/mol. The van der Waals surface area contributed by atoms with Gasteiger partial charge in [0.25, 0.3) is 15.0 Å². The van der Waals surface area contributed by atoms with Crippen molar-refractivity contribution in [2.24, 2.45) is 0 Å². The number of methoxy groups -OCH3 is 1. The topological polar surface area (TPSA) is 98.2 Å². The Labute approximate surface area is 129 Å². The molecule has 1 aromatic carbocycles. The van der Waals surface area contributed by atoms with Crippen molar-refractivity contribution in [2.45, 2.75) is 11.4 Å². The highest BCUT2D eigenvalue weighted by Gasteiger charge is 2.15. The third-order valence-electron chi connectivity index (χ3n) is 2.57. The molecular formula is C11H10ClN3O4S2. The molecule has 0 aliphatic heterocycles. The van der Waals surface area contributed by atoms with Crippen LogP contribution in [0.5, 0.6) is 5.75 Å². The summed E-state index contributed by atoms with van der Waals surface area (Å²) < 4.78 is 31.4. The summed E-state index contributed by atoms with van der Waals surface area (Å²) in [6.07, 6.45) is 0. The second-order valence-electron chi connectivity index (χ2n) is 3.88. The maximum atomic E-state index is 11.8. The highest BCUT2D eigenvalue weighted by Crippen LogP contribution is 2.24. The maximum absolute atomic E-state index is 11.8. The zero-order chi connectivity index (χ0) is 15.5. The Hall–Kier alpha value is -1.71. The van der Waals surface area contributed by atoms with Crippen molar-refractivity contribution in [2.75, 3.05) is 7.11 Å². The van der Waals surface area contributed by atoms with Crippen molar-refractivity contribution in [3.8, 4) is 5.75 Å². The fraction of sp³-hybridized carbons (Fsp3) is 0.182. The van der Waals surface area contributed by atoms with Crippen molar-refractivity contribution in [1.29, 1.82) is 0 Å². The zero-order valence-corrected chi connectivity index (χ0v) is 13.1. The molecule has 0 atom stereocenters. The Balaban J connectivity index is 2.20. The van der Waals surface area contributed by atoms with Crippen molar-refractivity contribution < 1.29 is 17.9 Å². The number of nitrogens with zero attached hydrogens (tertiary/aromatic N) is 2. The number of rotatable bonds is 5. The second-order valence-corrected chi connectivity index (χ2v) is 7.06. The van der Waals surface area contributed by atoms with Crippen LogP contribution in [0.3, 0.4) is 0 Å². The molecule has 0 aliphatic rings. The van der Waals surface area contributed by atoms with Crippen LogP contribution in [0.15, 0.2) is 28.5 Å². The number of carbonyl (C=O) groups excluding carboxylic acids is 1. The van der Waals surface area contributed by atoms with E-state index in [9.17, 15) is 13.2 Å². The first kappa shape index (κ1) is 15.7. The molecule has 2 rings (SSSR count). The quantitative estimate of drug-likeness (QED) is 0.821. The predicted molar refractivity (Wildman–Crippen MR) is 77.1 cm³/mol. The highest BCUT2D eigenvalue weighted by atomic mass is 35.7. The van der Waals surface area contributed by atoms with E-state index < -0.39 is 15.0 Å². The van der Waals surface area contributed by atoms with Gasteiger partial charge in [0.15, 0.2) is 5.69 Å². The number of nitrogens with one attached hydrogen (secondary N) is 1. The van der Waals surface area contributed by atoms with E-state index in [-0.39, 0.29) is 17.1 Å². The van der Waals surface area contributed by atoms with Gasteiger partial charge in [-0.25, -0.2) is 8.42 Å². The summed E-state index contributed by atoms with van der Waals surface area (Å²) in [6, 6.07) is 4.15. The number of carbonyl (C=O) groups is 1. The molecule has 1 amide bonds. The summed E-state index contributed by atoms with van der Waals surface area (Å²) >= 11 is 1.06. The Kier molecular flexibility index (Phi) is 4.76. The van der Waals surface area contributed by atoms with Gasteiger partial charge < -0.3 is 10.1 Å². The van der Waals surface area contributed by atoms with Gasteiger partial charge in [-0.15, -0.1) is 5.10 Å². The number of benzene rings is 1. The molecule has 0 saturated heterocycles. The Morgan fingerprint density at radius 2 is 2.24 bits per heavy atom. The lowest BCUT2D eigenvalue weighted by Gasteiger charge is -2.10. The van der Waals surface area contributed by atoms with Crippen LogP contribution in [0.2, 0.25) is 0 Å². The summed E-state index contributed by atoms with van der Waals surface area (Å²) in [5.74, 6) is 0.0284. The smallest absolute Gasteiger partial charge is 0.273 e. The normalized spacial score (nSPS) is 11.1. The van der Waals surface area contributed by atoms with Crippen LogP contribution in [-0.2, 0) is 15.6 Å². The third-order valence-corrected chi connectivity index (χ3v) is 4.42. The lowest BCUT2D eigenvalue weighted by atomic mass is 10.2. The van der Waals surface area contributed by atoms with Gasteiger partial charge in [-0.3, -0.25) is 4.79 Å². The first-order valence-electron chi connectivity index (χ1n) is 5.58. The molecule has 0 saturated carbocycles. The molecule has 0 spiro atoms. The fourth-order valence-corrected chi connectivity index (χ4v) is 2.81. The van der Waals surface area contributed by atoms with E-state index in [2.05, 4.69) is 14.9 Å². The van der Waals surface area contributed by atoms with Crippen LogP contribution in [0.1, 0.15) is 16.1 Å². The van der Waals surface area contributed by atoms with E-state index in [1.165, 1.54) is 30.7 Å². The van der Waals surface area contributed by atoms with E-state index in [1.54, 1.807) is 0 Å². The summed E-state index contributed by atoms with van der Waals surface area (Å²) in [7, 11) is 2.89. The molecular weight excluding hydrogens is 338 g/mol. The molecule has 10 heteroatoms. The highest BCUT2D eigenvalue weighted by molar-refractivity contribution is 8.13. The largest absolute Gasteiger partial charge is 0.496 e.